The Morgan fingerprint density at radius 1 is 1.31 bits per heavy atom. The van der Waals surface area contributed by atoms with Gasteiger partial charge in [-0.3, -0.25) is 9.59 Å². The lowest BCUT2D eigenvalue weighted by Crippen LogP contribution is -2.47. The maximum Gasteiger partial charge on any atom is 0.274 e. The summed E-state index contributed by atoms with van der Waals surface area (Å²) >= 11 is 0. The summed E-state index contributed by atoms with van der Waals surface area (Å²) in [4.78, 5) is 26.2. The highest BCUT2D eigenvalue weighted by Crippen LogP contribution is 2.23. The Bertz CT molecular complexity index is 806. The highest BCUT2D eigenvalue weighted by molar-refractivity contribution is 5.96. The second-order valence-electron chi connectivity index (χ2n) is 5.57. The minimum atomic E-state index is -0.781. The van der Waals surface area contributed by atoms with Crippen molar-refractivity contribution in [1.29, 1.82) is 0 Å². The van der Waals surface area contributed by atoms with Crippen molar-refractivity contribution in [2.75, 3.05) is 13.1 Å². The molecule has 0 aliphatic carbocycles. The lowest BCUT2D eigenvalue weighted by Gasteiger charge is -2.23. The quantitative estimate of drug-likeness (QED) is 0.737. The molecule has 0 aliphatic heterocycles. The normalized spacial score (nSPS) is 11.5. The van der Waals surface area contributed by atoms with E-state index < -0.39 is 17.8 Å². The molecule has 0 bridgehead atoms. The van der Waals surface area contributed by atoms with Gasteiger partial charge in [-0.1, -0.05) is 29.4 Å². The van der Waals surface area contributed by atoms with Crippen LogP contribution in [-0.4, -0.2) is 41.0 Å². The van der Waals surface area contributed by atoms with Crippen LogP contribution in [0.25, 0.3) is 11.3 Å². The molecule has 1 N–H and O–H groups in total. The largest absolute Gasteiger partial charge is 0.355 e. The molecular formula is C19H20FN3O3. The number of aromatic nitrogens is 1. The van der Waals surface area contributed by atoms with Gasteiger partial charge in [-0.25, -0.2) is 4.39 Å². The van der Waals surface area contributed by atoms with Crippen LogP contribution in [0.5, 0.6) is 0 Å². The first-order valence-corrected chi connectivity index (χ1v) is 8.01. The number of nitrogens with one attached hydrogen (secondary N) is 1. The predicted molar refractivity (Wildman–Crippen MR) is 95.8 cm³/mol. The van der Waals surface area contributed by atoms with Crippen LogP contribution in [-0.2, 0) is 4.79 Å². The third-order valence-electron chi connectivity index (χ3n) is 3.61. The molecule has 1 unspecified atom stereocenters. The van der Waals surface area contributed by atoms with Crippen molar-refractivity contribution in [3.05, 3.63) is 67.2 Å². The monoisotopic (exact) mass is 357 g/mol. The van der Waals surface area contributed by atoms with Crippen molar-refractivity contribution >= 4 is 11.8 Å². The Hall–Kier alpha value is -3.22. The van der Waals surface area contributed by atoms with Crippen LogP contribution in [0.15, 0.2) is 60.2 Å². The lowest BCUT2D eigenvalue weighted by atomic mass is 10.1. The van der Waals surface area contributed by atoms with E-state index in [0.717, 1.165) is 0 Å². The first-order chi connectivity index (χ1) is 12.5. The molecule has 7 heteroatoms. The Balaban J connectivity index is 2.08. The third kappa shape index (κ3) is 4.44. The average molecular weight is 357 g/mol. The van der Waals surface area contributed by atoms with E-state index in [1.54, 1.807) is 31.2 Å². The Labute approximate surface area is 151 Å². The van der Waals surface area contributed by atoms with Gasteiger partial charge in [0.15, 0.2) is 11.5 Å². The maximum absolute atomic E-state index is 13.8. The van der Waals surface area contributed by atoms with E-state index in [9.17, 15) is 14.0 Å². The van der Waals surface area contributed by atoms with Crippen molar-refractivity contribution in [2.45, 2.75) is 13.0 Å². The molecule has 1 heterocycles. The number of benzene rings is 1. The van der Waals surface area contributed by atoms with Crippen molar-refractivity contribution < 1.29 is 18.5 Å². The van der Waals surface area contributed by atoms with Crippen molar-refractivity contribution in [3.8, 4) is 11.3 Å². The molecular weight excluding hydrogens is 337 g/mol. The highest BCUT2D eigenvalue weighted by Gasteiger charge is 2.23. The average Bonchev–Trinajstić information content (AvgIpc) is 3.11. The van der Waals surface area contributed by atoms with Crippen LogP contribution in [0.1, 0.15) is 17.4 Å². The van der Waals surface area contributed by atoms with Crippen LogP contribution in [0, 0.1) is 5.82 Å². The van der Waals surface area contributed by atoms with Gasteiger partial charge in [0.1, 0.15) is 11.9 Å². The number of rotatable bonds is 8. The van der Waals surface area contributed by atoms with Gasteiger partial charge in [0, 0.05) is 19.2 Å². The van der Waals surface area contributed by atoms with Crippen molar-refractivity contribution in [2.24, 2.45) is 0 Å². The number of hydrogen-bond donors (Lipinski definition) is 1. The minimum absolute atomic E-state index is 0.0399. The van der Waals surface area contributed by atoms with Gasteiger partial charge < -0.3 is 14.7 Å². The predicted octanol–water partition coefficient (Wildman–Crippen LogP) is 2.80. The Morgan fingerprint density at radius 2 is 1.96 bits per heavy atom. The van der Waals surface area contributed by atoms with E-state index >= 15 is 0 Å². The standard InChI is InChI=1S/C19H20FN3O3/c1-4-10-23(11-5-2)19(25)13(3)21-18(24)16-12-17(26-22-16)14-8-6-7-9-15(14)20/h4-9,12-13H,1-2,10-11H2,3H3,(H,21,24). The van der Waals surface area contributed by atoms with Gasteiger partial charge in [-0.05, 0) is 19.1 Å². The van der Waals surface area contributed by atoms with Gasteiger partial charge in [0.2, 0.25) is 5.91 Å². The number of amides is 2. The molecule has 1 aromatic carbocycles. The molecule has 136 valence electrons. The molecule has 2 rings (SSSR count). The third-order valence-corrected chi connectivity index (χ3v) is 3.61. The van der Waals surface area contributed by atoms with E-state index in [1.807, 2.05) is 0 Å². The van der Waals surface area contributed by atoms with Gasteiger partial charge >= 0.3 is 0 Å². The van der Waals surface area contributed by atoms with Gasteiger partial charge in [0.25, 0.3) is 5.91 Å². The van der Waals surface area contributed by atoms with Crippen LogP contribution >= 0.6 is 0 Å². The molecule has 0 radical (unpaired) electrons. The molecule has 26 heavy (non-hydrogen) atoms. The first-order valence-electron chi connectivity index (χ1n) is 8.01. The Morgan fingerprint density at radius 3 is 2.58 bits per heavy atom. The molecule has 0 fully saturated rings. The molecule has 0 saturated carbocycles. The smallest absolute Gasteiger partial charge is 0.274 e. The zero-order chi connectivity index (χ0) is 19.1. The maximum atomic E-state index is 13.8. The molecule has 2 amide bonds. The van der Waals surface area contributed by atoms with Gasteiger partial charge in [-0.2, -0.15) is 0 Å². The fourth-order valence-corrected chi connectivity index (χ4v) is 2.34. The summed E-state index contributed by atoms with van der Waals surface area (Å²) in [5, 5.41) is 6.21. The fraction of sp³-hybridized carbons (Fsp3) is 0.211. The van der Waals surface area contributed by atoms with E-state index in [1.165, 1.54) is 23.1 Å². The SMILES string of the molecule is C=CCN(CC=C)C(=O)C(C)NC(=O)c1cc(-c2ccccc2F)on1. The lowest BCUT2D eigenvalue weighted by molar-refractivity contribution is -0.131. The molecule has 0 spiro atoms. The van der Waals surface area contributed by atoms with Crippen LogP contribution in [0.3, 0.4) is 0 Å². The van der Waals surface area contributed by atoms with E-state index in [2.05, 4.69) is 23.6 Å². The number of carbonyl (C=O) groups excluding carboxylic acids is 2. The number of halogens is 1. The van der Waals surface area contributed by atoms with Gasteiger partial charge in [0.05, 0.1) is 5.56 Å². The number of carbonyl (C=O) groups is 2. The zero-order valence-corrected chi connectivity index (χ0v) is 14.4. The number of nitrogens with zero attached hydrogens (tertiary/aromatic N) is 2. The van der Waals surface area contributed by atoms with E-state index in [-0.39, 0.29) is 22.9 Å². The van der Waals surface area contributed by atoms with E-state index in [0.29, 0.717) is 13.1 Å². The highest BCUT2D eigenvalue weighted by atomic mass is 19.1. The summed E-state index contributed by atoms with van der Waals surface area (Å²) in [7, 11) is 0. The van der Waals surface area contributed by atoms with E-state index in [4.69, 9.17) is 4.52 Å². The summed E-state index contributed by atoms with van der Waals surface area (Å²) in [6.07, 6.45) is 3.18. The second-order valence-corrected chi connectivity index (χ2v) is 5.57. The Kier molecular flexibility index (Phi) is 6.43. The topological polar surface area (TPSA) is 75.4 Å². The fourth-order valence-electron chi connectivity index (χ4n) is 2.34. The summed E-state index contributed by atoms with van der Waals surface area (Å²) in [5.41, 5.74) is 0.160. The van der Waals surface area contributed by atoms with Crippen LogP contribution < -0.4 is 5.32 Å². The minimum Gasteiger partial charge on any atom is -0.355 e. The number of hydrogen-bond acceptors (Lipinski definition) is 4. The molecule has 1 aromatic heterocycles. The molecule has 1 atom stereocenters. The summed E-state index contributed by atoms with van der Waals surface area (Å²) in [6, 6.07) is 6.55. The van der Waals surface area contributed by atoms with Crippen LogP contribution in [0.4, 0.5) is 4.39 Å². The zero-order valence-electron chi connectivity index (χ0n) is 14.4. The molecule has 2 aromatic rings. The molecule has 0 saturated heterocycles. The van der Waals surface area contributed by atoms with Crippen molar-refractivity contribution in [3.63, 3.8) is 0 Å². The first kappa shape index (κ1) is 19.1. The summed E-state index contributed by atoms with van der Waals surface area (Å²) in [5.74, 6) is -1.22. The molecule has 0 aliphatic rings. The van der Waals surface area contributed by atoms with Crippen LogP contribution in [0.2, 0.25) is 0 Å². The summed E-state index contributed by atoms with van der Waals surface area (Å²) < 4.78 is 18.8. The second kappa shape index (κ2) is 8.75. The van der Waals surface area contributed by atoms with Crippen molar-refractivity contribution in [1.82, 2.24) is 15.4 Å². The van der Waals surface area contributed by atoms with Gasteiger partial charge in [-0.15, -0.1) is 13.2 Å². The molecule has 6 nitrogen and oxygen atoms in total. The summed E-state index contributed by atoms with van der Waals surface area (Å²) in [6.45, 7) is 9.45.